The Morgan fingerprint density at radius 3 is 2.41 bits per heavy atom. The number of rotatable bonds is 5. The average molecular weight is 388 g/mol. The molecule has 6 heteroatoms. The van der Waals surface area contributed by atoms with Crippen molar-refractivity contribution in [2.45, 2.75) is 51.0 Å². The number of nitrogens with zero attached hydrogens (tertiary/aromatic N) is 1. The Hall–Kier alpha value is -0.460. The summed E-state index contributed by atoms with van der Waals surface area (Å²) in [7, 11) is 0. The lowest BCUT2D eigenvalue weighted by Crippen LogP contribution is -2.40. The lowest BCUT2D eigenvalue weighted by atomic mass is 9.71. The Morgan fingerprint density at radius 2 is 1.95 bits per heavy atom. The number of hydrogen-bond acceptors (Lipinski definition) is 5. The number of halogens is 1. The number of ether oxygens (including phenoxy) is 1. The van der Waals surface area contributed by atoms with Gasteiger partial charge in [-0.2, -0.15) is 0 Å². The molecular formula is C16H22BrNO3S. The first-order valence-corrected chi connectivity index (χ1v) is 9.67. The molecule has 0 aliphatic heterocycles. The van der Waals surface area contributed by atoms with Gasteiger partial charge in [-0.25, -0.2) is 4.98 Å². The van der Waals surface area contributed by atoms with E-state index in [2.05, 4.69) is 20.9 Å². The maximum Gasteiger partial charge on any atom is 0.308 e. The second kappa shape index (κ2) is 6.57. The van der Waals surface area contributed by atoms with Crippen molar-refractivity contribution >= 4 is 33.2 Å². The molecule has 122 valence electrons. The molecule has 0 spiro atoms. The fourth-order valence-corrected chi connectivity index (χ4v) is 5.13. The molecule has 0 saturated heterocycles. The van der Waals surface area contributed by atoms with Crippen molar-refractivity contribution in [3.8, 4) is 0 Å². The molecule has 1 aromatic heterocycles. The van der Waals surface area contributed by atoms with Crippen LogP contribution in [0.1, 0.15) is 50.5 Å². The molecule has 0 unspecified atom stereocenters. The van der Waals surface area contributed by atoms with Crippen molar-refractivity contribution in [2.75, 3.05) is 6.61 Å². The van der Waals surface area contributed by atoms with Gasteiger partial charge in [-0.05, 0) is 73.2 Å². The topological polar surface area (TPSA) is 59.4 Å². The summed E-state index contributed by atoms with van der Waals surface area (Å²) < 4.78 is 6.09. The lowest BCUT2D eigenvalue weighted by Gasteiger charge is -2.39. The molecule has 2 saturated carbocycles. The van der Waals surface area contributed by atoms with Crippen LogP contribution in [0.2, 0.25) is 0 Å². The van der Waals surface area contributed by atoms with E-state index in [0.29, 0.717) is 12.5 Å². The number of aliphatic hydroxyl groups is 1. The molecule has 0 radical (unpaired) electrons. The number of esters is 1. The molecule has 1 atom stereocenters. The van der Waals surface area contributed by atoms with Crippen LogP contribution in [-0.2, 0) is 15.1 Å². The van der Waals surface area contributed by atoms with Gasteiger partial charge in [0.05, 0.1) is 22.5 Å². The fourth-order valence-electron chi connectivity index (χ4n) is 3.67. The Labute approximate surface area is 143 Å². The molecule has 0 aromatic carbocycles. The van der Waals surface area contributed by atoms with Crippen LogP contribution in [0.25, 0.3) is 0 Å². The molecular weight excluding hydrogens is 366 g/mol. The SMILES string of the molecule is CCOC(=O)[C@H]1CC[C@H]([C@](O)(c2ncc(Br)s2)C2CC2)CC1. The predicted octanol–water partition coefficient (Wildman–Crippen LogP) is 3.87. The summed E-state index contributed by atoms with van der Waals surface area (Å²) in [4.78, 5) is 16.3. The summed E-state index contributed by atoms with van der Waals surface area (Å²) in [5.41, 5.74) is -0.809. The van der Waals surface area contributed by atoms with E-state index >= 15 is 0 Å². The van der Waals surface area contributed by atoms with Crippen LogP contribution in [0.3, 0.4) is 0 Å². The van der Waals surface area contributed by atoms with Crippen LogP contribution in [0, 0.1) is 17.8 Å². The Morgan fingerprint density at radius 1 is 1.36 bits per heavy atom. The number of thiazole rings is 1. The van der Waals surface area contributed by atoms with Gasteiger partial charge in [0.25, 0.3) is 0 Å². The van der Waals surface area contributed by atoms with E-state index in [-0.39, 0.29) is 17.8 Å². The first kappa shape index (κ1) is 16.4. The summed E-state index contributed by atoms with van der Waals surface area (Å²) in [6.45, 7) is 2.29. The molecule has 2 fully saturated rings. The second-order valence-electron chi connectivity index (χ2n) is 6.37. The standard InChI is InChI=1S/C16H22BrNO3S/c1-2-21-14(19)10-3-5-11(6-4-10)16(20,12-7-8-12)15-18-9-13(17)22-15/h9-12,20H,2-8H2,1H3/t10-,11-,16-/m1/s1. The highest BCUT2D eigenvalue weighted by Gasteiger charge is 2.53. The van der Waals surface area contributed by atoms with E-state index in [1.807, 2.05) is 6.92 Å². The minimum atomic E-state index is -0.809. The van der Waals surface area contributed by atoms with E-state index in [9.17, 15) is 9.90 Å². The average Bonchev–Trinajstić information content (AvgIpc) is 3.29. The summed E-state index contributed by atoms with van der Waals surface area (Å²) in [5.74, 6) is 0.453. The van der Waals surface area contributed by atoms with Gasteiger partial charge >= 0.3 is 5.97 Å². The first-order valence-electron chi connectivity index (χ1n) is 8.06. The highest BCUT2D eigenvalue weighted by Crippen LogP contribution is 2.54. The van der Waals surface area contributed by atoms with Crippen LogP contribution in [0.5, 0.6) is 0 Å². The molecule has 1 N–H and O–H groups in total. The molecule has 4 nitrogen and oxygen atoms in total. The van der Waals surface area contributed by atoms with Crippen LogP contribution < -0.4 is 0 Å². The molecule has 1 heterocycles. The number of aromatic nitrogens is 1. The van der Waals surface area contributed by atoms with Gasteiger partial charge in [-0.3, -0.25) is 4.79 Å². The summed E-state index contributed by atoms with van der Waals surface area (Å²) in [6.07, 6.45) is 7.28. The highest BCUT2D eigenvalue weighted by atomic mass is 79.9. The fraction of sp³-hybridized carbons (Fsp3) is 0.750. The third kappa shape index (κ3) is 3.10. The van der Waals surface area contributed by atoms with E-state index in [1.165, 1.54) is 11.3 Å². The second-order valence-corrected chi connectivity index (χ2v) is 8.78. The third-order valence-electron chi connectivity index (χ3n) is 4.99. The molecule has 2 aliphatic rings. The maximum absolute atomic E-state index is 11.9. The largest absolute Gasteiger partial charge is 0.466 e. The zero-order valence-corrected chi connectivity index (χ0v) is 15.2. The number of hydrogen-bond donors (Lipinski definition) is 1. The maximum atomic E-state index is 11.9. The zero-order chi connectivity index (χ0) is 15.7. The number of carbonyl (C=O) groups excluding carboxylic acids is 1. The van der Waals surface area contributed by atoms with Gasteiger partial charge in [0, 0.05) is 0 Å². The molecule has 1 aromatic rings. The minimum Gasteiger partial charge on any atom is -0.466 e. The van der Waals surface area contributed by atoms with Gasteiger partial charge in [0.15, 0.2) is 0 Å². The zero-order valence-electron chi connectivity index (χ0n) is 12.8. The van der Waals surface area contributed by atoms with Crippen molar-refractivity contribution in [2.24, 2.45) is 17.8 Å². The lowest BCUT2D eigenvalue weighted by molar-refractivity contribution is -0.151. The summed E-state index contributed by atoms with van der Waals surface area (Å²) >= 11 is 4.98. The Kier molecular flexibility index (Phi) is 4.90. The van der Waals surface area contributed by atoms with Gasteiger partial charge in [-0.1, -0.05) is 0 Å². The molecule has 2 aliphatic carbocycles. The van der Waals surface area contributed by atoms with E-state index in [4.69, 9.17) is 4.74 Å². The Bertz CT molecular complexity index is 537. The van der Waals surface area contributed by atoms with Crippen LogP contribution in [-0.4, -0.2) is 22.7 Å². The predicted molar refractivity (Wildman–Crippen MR) is 88.5 cm³/mol. The van der Waals surface area contributed by atoms with Crippen molar-refractivity contribution in [1.29, 1.82) is 0 Å². The first-order chi connectivity index (χ1) is 10.6. The van der Waals surface area contributed by atoms with Gasteiger partial charge in [0.2, 0.25) is 0 Å². The Balaban J connectivity index is 1.71. The van der Waals surface area contributed by atoms with E-state index < -0.39 is 5.60 Å². The van der Waals surface area contributed by atoms with Crippen molar-refractivity contribution < 1.29 is 14.6 Å². The minimum absolute atomic E-state index is 0.00249. The van der Waals surface area contributed by atoms with Crippen LogP contribution in [0.4, 0.5) is 0 Å². The molecule has 22 heavy (non-hydrogen) atoms. The normalized spacial score (nSPS) is 28.1. The highest BCUT2D eigenvalue weighted by molar-refractivity contribution is 9.11. The summed E-state index contributed by atoms with van der Waals surface area (Å²) in [6, 6.07) is 0. The van der Waals surface area contributed by atoms with Crippen LogP contribution in [0.15, 0.2) is 9.98 Å². The van der Waals surface area contributed by atoms with Crippen molar-refractivity contribution in [3.63, 3.8) is 0 Å². The van der Waals surface area contributed by atoms with Crippen molar-refractivity contribution in [1.82, 2.24) is 4.98 Å². The summed E-state index contributed by atoms with van der Waals surface area (Å²) in [5, 5.41) is 12.2. The smallest absolute Gasteiger partial charge is 0.308 e. The third-order valence-corrected chi connectivity index (χ3v) is 6.61. The van der Waals surface area contributed by atoms with Crippen LogP contribution >= 0.6 is 27.3 Å². The molecule has 0 amide bonds. The van der Waals surface area contributed by atoms with Gasteiger partial charge < -0.3 is 9.84 Å². The van der Waals surface area contributed by atoms with Crippen molar-refractivity contribution in [3.05, 3.63) is 15.0 Å². The van der Waals surface area contributed by atoms with E-state index in [0.717, 1.165) is 47.3 Å². The quantitative estimate of drug-likeness (QED) is 0.778. The molecule has 3 rings (SSSR count). The molecule has 0 bridgehead atoms. The van der Waals surface area contributed by atoms with Gasteiger partial charge in [0.1, 0.15) is 10.6 Å². The monoisotopic (exact) mass is 387 g/mol. The van der Waals surface area contributed by atoms with E-state index in [1.54, 1.807) is 6.20 Å². The van der Waals surface area contributed by atoms with Gasteiger partial charge in [-0.15, -0.1) is 11.3 Å². The number of carbonyl (C=O) groups is 1.